The van der Waals surface area contributed by atoms with Gasteiger partial charge >= 0.3 is 0 Å². The van der Waals surface area contributed by atoms with Crippen molar-refractivity contribution in [1.29, 1.82) is 0 Å². The summed E-state index contributed by atoms with van der Waals surface area (Å²) >= 11 is 1.73. The zero-order valence-electron chi connectivity index (χ0n) is 13.5. The molecule has 0 saturated heterocycles. The van der Waals surface area contributed by atoms with E-state index in [0.717, 1.165) is 35.5 Å². The molecule has 21 heavy (non-hydrogen) atoms. The molecule has 0 aliphatic carbocycles. The van der Waals surface area contributed by atoms with Gasteiger partial charge in [-0.25, -0.2) is 4.98 Å². The fourth-order valence-electron chi connectivity index (χ4n) is 2.61. The minimum atomic E-state index is 0.380. The van der Waals surface area contributed by atoms with Crippen LogP contribution in [-0.4, -0.2) is 23.1 Å². The summed E-state index contributed by atoms with van der Waals surface area (Å²) in [5.41, 5.74) is 5.92. The molecule has 2 N–H and O–H groups in total. The van der Waals surface area contributed by atoms with Gasteiger partial charge in [-0.1, -0.05) is 33.6 Å². The van der Waals surface area contributed by atoms with Gasteiger partial charge in [-0.05, 0) is 25.3 Å². The Morgan fingerprint density at radius 2 is 1.90 bits per heavy atom. The fraction of sp³-hybridized carbons (Fsp3) is 0.625. The number of nitrogens with zero attached hydrogens (tertiary/aromatic N) is 3. The molecule has 0 aromatic carbocycles. The third-order valence-electron chi connectivity index (χ3n) is 4.10. The molecule has 0 radical (unpaired) electrons. The normalized spacial score (nSPS) is 11.5. The van der Waals surface area contributed by atoms with Crippen LogP contribution in [-0.2, 0) is 6.42 Å². The Hall–Kier alpha value is -1.36. The summed E-state index contributed by atoms with van der Waals surface area (Å²) in [6, 6.07) is 2.23. The lowest BCUT2D eigenvalue weighted by molar-refractivity contribution is 0.485. The number of aryl methyl sites for hydroxylation is 1. The maximum Gasteiger partial charge on any atom is 0.223 e. The second-order valence-corrected chi connectivity index (χ2v) is 6.53. The Morgan fingerprint density at radius 3 is 2.48 bits per heavy atom. The molecule has 0 aliphatic rings. The Balaban J connectivity index is 2.44. The average Bonchev–Trinajstić information content (AvgIpc) is 2.91. The van der Waals surface area contributed by atoms with E-state index >= 15 is 0 Å². The van der Waals surface area contributed by atoms with Crippen molar-refractivity contribution in [1.82, 2.24) is 9.97 Å². The summed E-state index contributed by atoms with van der Waals surface area (Å²) in [6.45, 7) is 10.8. The molecule has 0 unspecified atom stereocenters. The average molecular weight is 306 g/mol. The van der Waals surface area contributed by atoms with Crippen LogP contribution in [0.4, 0.5) is 11.8 Å². The first-order chi connectivity index (χ1) is 10.1. The van der Waals surface area contributed by atoms with Gasteiger partial charge in [0.2, 0.25) is 5.95 Å². The number of thiophene rings is 1. The number of hydrogen-bond acceptors (Lipinski definition) is 5. The number of nitrogen functional groups attached to an aromatic ring is 1. The molecule has 0 atom stereocenters. The zero-order chi connectivity index (χ0) is 15.4. The van der Waals surface area contributed by atoms with E-state index in [4.69, 9.17) is 5.73 Å². The van der Waals surface area contributed by atoms with Crippen molar-refractivity contribution in [2.45, 2.75) is 47.0 Å². The number of nitrogens with two attached hydrogens (primary N) is 1. The maximum atomic E-state index is 5.92. The van der Waals surface area contributed by atoms with Gasteiger partial charge in [-0.3, -0.25) is 0 Å². The van der Waals surface area contributed by atoms with Gasteiger partial charge < -0.3 is 10.6 Å². The van der Waals surface area contributed by atoms with E-state index in [2.05, 4.69) is 48.6 Å². The molecule has 0 bridgehead atoms. The molecule has 0 fully saturated rings. The van der Waals surface area contributed by atoms with Crippen molar-refractivity contribution in [2.75, 3.05) is 23.7 Å². The highest BCUT2D eigenvalue weighted by Crippen LogP contribution is 2.32. The van der Waals surface area contributed by atoms with Crippen LogP contribution in [0.2, 0.25) is 0 Å². The lowest BCUT2D eigenvalue weighted by Crippen LogP contribution is -2.30. The molecule has 5 heteroatoms. The molecule has 2 rings (SSSR count). The van der Waals surface area contributed by atoms with Crippen LogP contribution in [0.3, 0.4) is 0 Å². The molecular weight excluding hydrogens is 280 g/mol. The Morgan fingerprint density at radius 1 is 1.19 bits per heavy atom. The summed E-state index contributed by atoms with van der Waals surface area (Å²) in [4.78, 5) is 13.6. The van der Waals surface area contributed by atoms with Gasteiger partial charge in [0.05, 0.1) is 5.39 Å². The van der Waals surface area contributed by atoms with Crippen LogP contribution in [0, 0.1) is 5.92 Å². The van der Waals surface area contributed by atoms with Gasteiger partial charge in [0, 0.05) is 18.0 Å². The Labute approximate surface area is 131 Å². The first-order valence-electron chi connectivity index (χ1n) is 7.93. The molecule has 0 amide bonds. The molecule has 0 aliphatic heterocycles. The van der Waals surface area contributed by atoms with Crippen molar-refractivity contribution in [2.24, 2.45) is 5.92 Å². The van der Waals surface area contributed by atoms with Gasteiger partial charge in [-0.2, -0.15) is 4.98 Å². The van der Waals surface area contributed by atoms with E-state index in [1.807, 2.05) is 0 Å². The number of aromatic nitrogens is 2. The minimum Gasteiger partial charge on any atom is -0.368 e. The summed E-state index contributed by atoms with van der Waals surface area (Å²) < 4.78 is 0. The predicted octanol–water partition coefficient (Wildman–Crippen LogP) is 4.10. The van der Waals surface area contributed by atoms with E-state index < -0.39 is 0 Å². The van der Waals surface area contributed by atoms with E-state index in [1.165, 1.54) is 17.7 Å². The summed E-state index contributed by atoms with van der Waals surface area (Å²) in [5.74, 6) is 2.08. The maximum absolute atomic E-state index is 5.92. The molecule has 116 valence electrons. The van der Waals surface area contributed by atoms with Crippen LogP contribution >= 0.6 is 11.3 Å². The van der Waals surface area contributed by atoms with Crippen molar-refractivity contribution in [3.63, 3.8) is 0 Å². The molecule has 2 heterocycles. The van der Waals surface area contributed by atoms with Crippen LogP contribution in [0.25, 0.3) is 10.2 Å². The highest BCUT2D eigenvalue weighted by molar-refractivity contribution is 7.18. The summed E-state index contributed by atoms with van der Waals surface area (Å²) in [6.07, 6.45) is 3.42. The molecule has 0 saturated carbocycles. The predicted molar refractivity (Wildman–Crippen MR) is 93.2 cm³/mol. The standard InChI is InChI=1S/C16H26N4S/c1-5-11(6-2)10-20(8-4)14-13-9-12(7-3)21-15(13)19-16(17)18-14/h9,11H,5-8,10H2,1-4H3,(H2,17,18,19). The van der Waals surface area contributed by atoms with Gasteiger partial charge in [0.25, 0.3) is 0 Å². The lowest BCUT2D eigenvalue weighted by atomic mass is 10.0. The van der Waals surface area contributed by atoms with Crippen molar-refractivity contribution >= 4 is 33.3 Å². The van der Waals surface area contributed by atoms with Crippen molar-refractivity contribution in [3.8, 4) is 0 Å². The third kappa shape index (κ3) is 3.46. The molecular formula is C16H26N4S. The second-order valence-electron chi connectivity index (χ2n) is 5.41. The topological polar surface area (TPSA) is 55.0 Å². The van der Waals surface area contributed by atoms with E-state index in [0.29, 0.717) is 11.9 Å². The Kier molecular flexibility index (Phi) is 5.39. The number of fused-ring (bicyclic) bond motifs is 1. The van der Waals surface area contributed by atoms with Crippen LogP contribution in [0.15, 0.2) is 6.07 Å². The SMILES string of the molecule is CCc1cc2c(N(CC)CC(CC)CC)nc(N)nc2s1. The minimum absolute atomic E-state index is 0.380. The zero-order valence-corrected chi connectivity index (χ0v) is 14.3. The monoisotopic (exact) mass is 306 g/mol. The fourth-order valence-corrected chi connectivity index (χ4v) is 3.58. The quantitative estimate of drug-likeness (QED) is 0.836. The first-order valence-corrected chi connectivity index (χ1v) is 8.75. The highest BCUT2D eigenvalue weighted by atomic mass is 32.1. The summed E-state index contributed by atoms with van der Waals surface area (Å²) in [7, 11) is 0. The lowest BCUT2D eigenvalue weighted by Gasteiger charge is -2.27. The third-order valence-corrected chi connectivity index (χ3v) is 5.28. The Bertz CT molecular complexity index is 589. The first kappa shape index (κ1) is 16.0. The van der Waals surface area contributed by atoms with Gasteiger partial charge in [0.15, 0.2) is 0 Å². The number of hydrogen-bond donors (Lipinski definition) is 1. The van der Waals surface area contributed by atoms with E-state index in [1.54, 1.807) is 11.3 Å². The van der Waals surface area contributed by atoms with Crippen molar-refractivity contribution < 1.29 is 0 Å². The van der Waals surface area contributed by atoms with Crippen molar-refractivity contribution in [3.05, 3.63) is 10.9 Å². The van der Waals surface area contributed by atoms with Gasteiger partial charge in [-0.15, -0.1) is 11.3 Å². The molecule has 4 nitrogen and oxygen atoms in total. The number of anilines is 2. The van der Waals surface area contributed by atoms with Crippen LogP contribution in [0.5, 0.6) is 0 Å². The highest BCUT2D eigenvalue weighted by Gasteiger charge is 2.17. The summed E-state index contributed by atoms with van der Waals surface area (Å²) in [5, 5.41) is 1.15. The van der Waals surface area contributed by atoms with Gasteiger partial charge in [0.1, 0.15) is 10.6 Å². The van der Waals surface area contributed by atoms with E-state index in [-0.39, 0.29) is 0 Å². The molecule has 2 aromatic heterocycles. The smallest absolute Gasteiger partial charge is 0.223 e. The van der Waals surface area contributed by atoms with E-state index in [9.17, 15) is 0 Å². The second kappa shape index (κ2) is 7.07. The molecule has 2 aromatic rings. The largest absolute Gasteiger partial charge is 0.368 e. The van der Waals surface area contributed by atoms with Crippen LogP contribution in [0.1, 0.15) is 45.4 Å². The number of rotatable bonds is 7. The molecule has 0 spiro atoms. The van der Waals surface area contributed by atoms with Crippen LogP contribution < -0.4 is 10.6 Å².